The normalized spacial score (nSPS) is 28.8. The van der Waals surface area contributed by atoms with Crippen LogP contribution in [0.2, 0.25) is 0 Å². The van der Waals surface area contributed by atoms with Crippen LogP contribution in [0.25, 0.3) is 0 Å². The third-order valence-electron chi connectivity index (χ3n) is 4.85. The van der Waals surface area contributed by atoms with Gasteiger partial charge in [0.05, 0.1) is 0 Å². The van der Waals surface area contributed by atoms with Crippen molar-refractivity contribution in [3.63, 3.8) is 0 Å². The van der Waals surface area contributed by atoms with Crippen molar-refractivity contribution in [3.8, 4) is 0 Å². The van der Waals surface area contributed by atoms with Gasteiger partial charge in [0.15, 0.2) is 0 Å². The average molecular weight is 295 g/mol. The van der Waals surface area contributed by atoms with E-state index < -0.39 is 17.6 Å². The van der Waals surface area contributed by atoms with Crippen LogP contribution in [0.4, 0.5) is 8.78 Å². The van der Waals surface area contributed by atoms with Crippen molar-refractivity contribution in [1.29, 1.82) is 0 Å². The molecule has 1 aromatic carbocycles. The SMILES string of the molecule is O=C(O)CC1CC2CCC(C1)N2Cc1c(F)cccc1F. The van der Waals surface area contributed by atoms with Gasteiger partial charge < -0.3 is 5.11 Å². The van der Waals surface area contributed by atoms with Crippen LogP contribution < -0.4 is 0 Å². The minimum atomic E-state index is -0.756. The van der Waals surface area contributed by atoms with Gasteiger partial charge >= 0.3 is 5.97 Å². The predicted octanol–water partition coefficient (Wildman–Crippen LogP) is 3.18. The van der Waals surface area contributed by atoms with Crippen LogP contribution in [0.3, 0.4) is 0 Å². The minimum absolute atomic E-state index is 0.131. The summed E-state index contributed by atoms with van der Waals surface area (Å²) in [5, 5.41) is 8.92. The molecule has 2 aliphatic heterocycles. The zero-order valence-corrected chi connectivity index (χ0v) is 11.8. The average Bonchev–Trinajstić information content (AvgIpc) is 2.64. The van der Waals surface area contributed by atoms with E-state index in [9.17, 15) is 13.6 Å². The van der Waals surface area contributed by atoms with Gasteiger partial charge in [0.2, 0.25) is 0 Å². The van der Waals surface area contributed by atoms with Crippen LogP contribution in [0.15, 0.2) is 18.2 Å². The first-order valence-electron chi connectivity index (χ1n) is 7.45. The molecule has 2 atom stereocenters. The molecule has 0 aliphatic carbocycles. The Balaban J connectivity index is 1.72. The monoisotopic (exact) mass is 295 g/mol. The number of fused-ring (bicyclic) bond motifs is 2. The maximum atomic E-state index is 13.8. The molecule has 2 fully saturated rings. The van der Waals surface area contributed by atoms with Crippen molar-refractivity contribution in [2.75, 3.05) is 0 Å². The highest BCUT2D eigenvalue weighted by atomic mass is 19.1. The second-order valence-electron chi connectivity index (χ2n) is 6.19. The first kappa shape index (κ1) is 14.4. The molecular weight excluding hydrogens is 276 g/mol. The lowest BCUT2D eigenvalue weighted by atomic mass is 9.88. The highest BCUT2D eigenvalue weighted by Crippen LogP contribution is 2.41. The van der Waals surface area contributed by atoms with Crippen LogP contribution in [0.1, 0.15) is 37.7 Å². The van der Waals surface area contributed by atoms with Gasteiger partial charge in [-0.2, -0.15) is 0 Å². The predicted molar refractivity (Wildman–Crippen MR) is 73.7 cm³/mol. The number of nitrogens with zero attached hydrogens (tertiary/aromatic N) is 1. The summed E-state index contributed by atoms with van der Waals surface area (Å²) in [5.74, 6) is -1.56. The lowest BCUT2D eigenvalue weighted by Crippen LogP contribution is -2.43. The van der Waals surface area contributed by atoms with Crippen molar-refractivity contribution in [2.24, 2.45) is 5.92 Å². The number of carboxylic acids is 1. The van der Waals surface area contributed by atoms with Gasteiger partial charge in [-0.15, -0.1) is 0 Å². The van der Waals surface area contributed by atoms with Crippen molar-refractivity contribution in [3.05, 3.63) is 35.4 Å². The number of rotatable bonds is 4. The standard InChI is InChI=1S/C16H19F2NO2/c17-14-2-1-3-15(18)13(14)9-19-11-4-5-12(19)7-10(6-11)8-16(20)21/h1-3,10-12H,4-9H2,(H,20,21). The summed E-state index contributed by atoms with van der Waals surface area (Å²) in [7, 11) is 0. The maximum absolute atomic E-state index is 13.8. The number of hydrogen-bond acceptors (Lipinski definition) is 2. The second-order valence-corrected chi connectivity index (χ2v) is 6.19. The molecule has 2 heterocycles. The second kappa shape index (κ2) is 5.72. The van der Waals surface area contributed by atoms with E-state index in [1.165, 1.54) is 18.2 Å². The molecule has 3 rings (SSSR count). The van der Waals surface area contributed by atoms with E-state index in [4.69, 9.17) is 5.11 Å². The zero-order chi connectivity index (χ0) is 15.0. The zero-order valence-electron chi connectivity index (χ0n) is 11.8. The number of halogens is 2. The van der Waals surface area contributed by atoms with E-state index in [0.29, 0.717) is 0 Å². The van der Waals surface area contributed by atoms with Gasteiger partial charge in [-0.25, -0.2) is 8.78 Å². The van der Waals surface area contributed by atoms with Gasteiger partial charge in [-0.3, -0.25) is 9.69 Å². The van der Waals surface area contributed by atoms with Gasteiger partial charge in [0.1, 0.15) is 11.6 Å². The van der Waals surface area contributed by atoms with Gasteiger partial charge in [0, 0.05) is 30.6 Å². The van der Waals surface area contributed by atoms with E-state index >= 15 is 0 Å². The molecule has 21 heavy (non-hydrogen) atoms. The van der Waals surface area contributed by atoms with Crippen LogP contribution >= 0.6 is 0 Å². The highest BCUT2D eigenvalue weighted by molar-refractivity contribution is 5.67. The topological polar surface area (TPSA) is 40.5 Å². The molecule has 0 amide bonds. The summed E-state index contributed by atoms with van der Waals surface area (Å²) < 4.78 is 27.6. The Bertz CT molecular complexity index is 515. The van der Waals surface area contributed by atoms with Crippen molar-refractivity contribution in [1.82, 2.24) is 4.90 Å². The first-order valence-corrected chi connectivity index (χ1v) is 7.45. The molecule has 5 heteroatoms. The molecule has 114 valence electrons. The lowest BCUT2D eigenvalue weighted by Gasteiger charge is -2.38. The maximum Gasteiger partial charge on any atom is 0.303 e. The molecule has 2 unspecified atom stereocenters. The van der Waals surface area contributed by atoms with Crippen molar-refractivity contribution < 1.29 is 18.7 Å². The third kappa shape index (κ3) is 2.93. The fraction of sp³-hybridized carbons (Fsp3) is 0.562. The molecule has 0 spiro atoms. The number of benzene rings is 1. The Hall–Kier alpha value is -1.49. The summed E-state index contributed by atoms with van der Waals surface area (Å²) in [5.41, 5.74) is 0.131. The van der Waals surface area contributed by atoms with E-state index in [0.717, 1.165) is 25.7 Å². The Morgan fingerprint density at radius 1 is 1.19 bits per heavy atom. The van der Waals surface area contributed by atoms with Crippen LogP contribution in [-0.2, 0) is 11.3 Å². The molecule has 3 nitrogen and oxygen atoms in total. The molecule has 0 aromatic heterocycles. The van der Waals surface area contributed by atoms with Gasteiger partial charge in [0.25, 0.3) is 0 Å². The third-order valence-corrected chi connectivity index (χ3v) is 4.85. The Morgan fingerprint density at radius 2 is 1.76 bits per heavy atom. The summed E-state index contributed by atoms with van der Waals surface area (Å²) in [4.78, 5) is 13.0. The molecular formula is C16H19F2NO2. The number of carboxylic acid groups (broad SMARTS) is 1. The summed E-state index contributed by atoms with van der Waals surface area (Å²) in [6.07, 6.45) is 3.83. The number of carbonyl (C=O) groups is 1. The van der Waals surface area contributed by atoms with Crippen molar-refractivity contribution >= 4 is 5.97 Å². The Labute approximate surface area is 122 Å². The summed E-state index contributed by atoms with van der Waals surface area (Å²) in [6, 6.07) is 4.47. The largest absolute Gasteiger partial charge is 0.481 e. The van der Waals surface area contributed by atoms with Crippen molar-refractivity contribution in [2.45, 2.75) is 50.7 Å². The van der Waals surface area contributed by atoms with E-state index in [-0.39, 0.29) is 36.5 Å². The summed E-state index contributed by atoms with van der Waals surface area (Å²) >= 11 is 0. The Morgan fingerprint density at radius 3 is 2.29 bits per heavy atom. The minimum Gasteiger partial charge on any atom is -0.481 e. The molecule has 2 saturated heterocycles. The van der Waals surface area contributed by atoms with Crippen LogP contribution in [0.5, 0.6) is 0 Å². The summed E-state index contributed by atoms with van der Waals surface area (Å²) in [6.45, 7) is 0.285. The quantitative estimate of drug-likeness (QED) is 0.927. The van der Waals surface area contributed by atoms with E-state index in [2.05, 4.69) is 4.90 Å². The smallest absolute Gasteiger partial charge is 0.303 e. The highest BCUT2D eigenvalue weighted by Gasteiger charge is 2.41. The number of hydrogen-bond donors (Lipinski definition) is 1. The molecule has 1 aromatic rings. The number of aliphatic carboxylic acids is 1. The molecule has 0 saturated carbocycles. The first-order chi connectivity index (χ1) is 10.0. The fourth-order valence-electron chi connectivity index (χ4n) is 3.92. The van der Waals surface area contributed by atoms with E-state index in [1.807, 2.05) is 0 Å². The Kier molecular flexibility index (Phi) is 3.93. The van der Waals surface area contributed by atoms with Gasteiger partial charge in [-0.1, -0.05) is 6.07 Å². The molecule has 2 bridgehead atoms. The number of piperidine rings is 1. The molecule has 0 radical (unpaired) electrons. The molecule has 2 aliphatic rings. The van der Waals surface area contributed by atoms with Crippen LogP contribution in [-0.4, -0.2) is 28.1 Å². The fourth-order valence-corrected chi connectivity index (χ4v) is 3.92. The van der Waals surface area contributed by atoms with Gasteiger partial charge in [-0.05, 0) is 43.7 Å². The van der Waals surface area contributed by atoms with E-state index in [1.54, 1.807) is 0 Å². The lowest BCUT2D eigenvalue weighted by molar-refractivity contribution is -0.138. The molecule has 1 N–H and O–H groups in total. The van der Waals surface area contributed by atoms with Crippen LogP contribution in [0, 0.1) is 17.6 Å².